The van der Waals surface area contributed by atoms with Crippen molar-refractivity contribution in [3.8, 4) is 5.75 Å². The Balaban J connectivity index is 1.89. The van der Waals surface area contributed by atoms with Crippen LogP contribution in [0.1, 0.15) is 6.92 Å². The molecule has 1 saturated heterocycles. The number of rotatable bonds is 9. The largest absolute Gasteiger partial charge is 0.484 e. The van der Waals surface area contributed by atoms with Crippen LogP contribution in [0.3, 0.4) is 0 Å². The molecule has 2 rings (SSSR count). The number of hydrogen-bond donors (Lipinski definition) is 2. The van der Waals surface area contributed by atoms with E-state index in [-0.39, 0.29) is 37.5 Å². The fraction of sp³-hybridized carbons (Fsp3) is 0.294. The molecule has 0 spiro atoms. The zero-order chi connectivity index (χ0) is 19.1. The Labute approximate surface area is 149 Å². The molecule has 2 amide bonds. The molecule has 1 aliphatic heterocycles. The summed E-state index contributed by atoms with van der Waals surface area (Å²) < 4.78 is 9.80. The molecular formula is C17H18N2O7. The van der Waals surface area contributed by atoms with Gasteiger partial charge in [0.25, 0.3) is 18.3 Å². The second-order valence-electron chi connectivity index (χ2n) is 5.51. The van der Waals surface area contributed by atoms with E-state index in [1.807, 2.05) is 6.07 Å². The molecule has 1 aromatic carbocycles. The van der Waals surface area contributed by atoms with Crippen molar-refractivity contribution in [2.24, 2.45) is 0 Å². The van der Waals surface area contributed by atoms with E-state index in [9.17, 15) is 24.3 Å². The smallest absolute Gasteiger partial charge is 0.352 e. The maximum atomic E-state index is 12.2. The number of hydrogen-bond acceptors (Lipinski definition) is 6. The van der Waals surface area contributed by atoms with Crippen LogP contribution < -0.4 is 10.1 Å². The number of β-lactam (4-membered cyclic amide) rings is 1. The maximum Gasteiger partial charge on any atom is 0.352 e. The van der Waals surface area contributed by atoms with Crippen molar-refractivity contribution in [2.75, 3.05) is 19.8 Å². The van der Waals surface area contributed by atoms with Gasteiger partial charge in [-0.25, -0.2) is 4.79 Å². The number of likely N-dealkylation sites (tertiary alicyclic amines) is 1. The number of nitrogens with one attached hydrogen (secondary N) is 1. The monoisotopic (exact) mass is 362 g/mol. The van der Waals surface area contributed by atoms with Crippen molar-refractivity contribution in [1.82, 2.24) is 10.2 Å². The van der Waals surface area contributed by atoms with Crippen LogP contribution in [0.2, 0.25) is 0 Å². The Morgan fingerprint density at radius 1 is 1.31 bits per heavy atom. The van der Waals surface area contributed by atoms with E-state index >= 15 is 0 Å². The minimum absolute atomic E-state index is 0.00989. The fourth-order valence-electron chi connectivity index (χ4n) is 2.39. The van der Waals surface area contributed by atoms with Crippen LogP contribution in [0.4, 0.5) is 0 Å². The minimum Gasteiger partial charge on any atom is -0.484 e. The topological polar surface area (TPSA) is 122 Å². The summed E-state index contributed by atoms with van der Waals surface area (Å²) in [5.74, 6) is -1.84. The zero-order valence-electron chi connectivity index (χ0n) is 14.0. The maximum absolute atomic E-state index is 12.2. The van der Waals surface area contributed by atoms with Crippen LogP contribution in [0.15, 0.2) is 41.6 Å². The van der Waals surface area contributed by atoms with Crippen molar-refractivity contribution < 1.29 is 33.8 Å². The van der Waals surface area contributed by atoms with Gasteiger partial charge in [-0.1, -0.05) is 18.2 Å². The van der Waals surface area contributed by atoms with E-state index in [1.165, 1.54) is 6.92 Å². The molecule has 9 nitrogen and oxygen atoms in total. The van der Waals surface area contributed by atoms with E-state index in [0.717, 1.165) is 4.90 Å². The second-order valence-corrected chi connectivity index (χ2v) is 5.51. The van der Waals surface area contributed by atoms with Gasteiger partial charge >= 0.3 is 5.97 Å². The van der Waals surface area contributed by atoms with Crippen LogP contribution in [-0.4, -0.2) is 60.1 Å². The van der Waals surface area contributed by atoms with E-state index in [1.54, 1.807) is 24.3 Å². The summed E-state index contributed by atoms with van der Waals surface area (Å²) in [5, 5.41) is 11.8. The second kappa shape index (κ2) is 8.65. The lowest BCUT2D eigenvalue weighted by Gasteiger charge is -2.39. The quantitative estimate of drug-likeness (QED) is 0.358. The molecule has 1 atom stereocenters. The van der Waals surface area contributed by atoms with Gasteiger partial charge in [0.1, 0.15) is 24.1 Å². The van der Waals surface area contributed by atoms with E-state index < -0.39 is 23.8 Å². The Hall–Kier alpha value is -3.36. The van der Waals surface area contributed by atoms with Crippen molar-refractivity contribution >= 4 is 24.3 Å². The van der Waals surface area contributed by atoms with Crippen molar-refractivity contribution in [3.05, 3.63) is 41.6 Å². The summed E-state index contributed by atoms with van der Waals surface area (Å²) in [7, 11) is 0. The molecule has 1 fully saturated rings. The highest BCUT2D eigenvalue weighted by Gasteiger charge is 2.42. The fourth-order valence-corrected chi connectivity index (χ4v) is 2.39. The first-order chi connectivity index (χ1) is 12.4. The van der Waals surface area contributed by atoms with Crippen LogP contribution >= 0.6 is 0 Å². The third-order valence-corrected chi connectivity index (χ3v) is 3.62. The number of aliphatic carboxylic acids is 1. The molecule has 0 bridgehead atoms. The number of amides is 2. The molecule has 0 saturated carbocycles. The van der Waals surface area contributed by atoms with Gasteiger partial charge in [0.05, 0.1) is 6.54 Å². The first kappa shape index (κ1) is 19.0. The van der Waals surface area contributed by atoms with Gasteiger partial charge in [0.2, 0.25) is 0 Å². The number of carboxylic acids is 1. The predicted molar refractivity (Wildman–Crippen MR) is 87.9 cm³/mol. The summed E-state index contributed by atoms with van der Waals surface area (Å²) in [6.07, 6.45) is 0. The number of benzene rings is 1. The lowest BCUT2D eigenvalue weighted by Crippen LogP contribution is -2.64. The number of nitrogens with zero attached hydrogens (tertiary/aromatic N) is 1. The Morgan fingerprint density at radius 3 is 2.58 bits per heavy atom. The lowest BCUT2D eigenvalue weighted by atomic mass is 10.0. The minimum atomic E-state index is -1.32. The van der Waals surface area contributed by atoms with Crippen molar-refractivity contribution in [2.45, 2.75) is 13.0 Å². The van der Waals surface area contributed by atoms with Gasteiger partial charge in [-0.3, -0.25) is 14.4 Å². The van der Waals surface area contributed by atoms with Crippen LogP contribution in [0.25, 0.3) is 0 Å². The average molecular weight is 362 g/mol. The third kappa shape index (κ3) is 4.59. The van der Waals surface area contributed by atoms with Gasteiger partial charge in [-0.05, 0) is 24.6 Å². The molecule has 9 heteroatoms. The number of carbonyl (C=O) groups excluding carboxylic acids is 3. The lowest BCUT2D eigenvalue weighted by molar-refractivity contribution is -0.149. The molecule has 1 heterocycles. The van der Waals surface area contributed by atoms with E-state index in [0.29, 0.717) is 5.75 Å². The highest BCUT2D eigenvalue weighted by atomic mass is 16.5. The zero-order valence-corrected chi connectivity index (χ0v) is 14.0. The Bertz CT molecular complexity index is 730. The number of ether oxygens (including phenoxy) is 2. The first-order valence-corrected chi connectivity index (χ1v) is 7.71. The van der Waals surface area contributed by atoms with Crippen LogP contribution in [0, 0.1) is 0 Å². The number of carboxylic acid groups (broad SMARTS) is 1. The van der Waals surface area contributed by atoms with Gasteiger partial charge in [-0.2, -0.15) is 0 Å². The van der Waals surface area contributed by atoms with E-state index in [2.05, 4.69) is 10.1 Å². The molecular weight excluding hydrogens is 344 g/mol. The third-order valence-electron chi connectivity index (χ3n) is 3.62. The number of para-hydroxylation sites is 1. The average Bonchev–Trinajstić information content (AvgIpc) is 2.63. The van der Waals surface area contributed by atoms with Gasteiger partial charge in [0.15, 0.2) is 6.61 Å². The number of carbonyl (C=O) groups is 4. The Morgan fingerprint density at radius 2 is 2.00 bits per heavy atom. The molecule has 2 N–H and O–H groups in total. The molecule has 0 aromatic heterocycles. The van der Waals surface area contributed by atoms with E-state index in [4.69, 9.17) is 4.74 Å². The first-order valence-electron chi connectivity index (χ1n) is 7.71. The van der Waals surface area contributed by atoms with Crippen LogP contribution in [-0.2, 0) is 23.9 Å². The SMILES string of the molecule is CC(COC=O)=C(C(=O)O)N1CC(NC(=O)COc2ccccc2)C1=O. The predicted octanol–water partition coefficient (Wildman–Crippen LogP) is -0.0760. The molecule has 1 aromatic rings. The highest BCUT2D eigenvalue weighted by molar-refractivity contribution is 6.00. The summed E-state index contributed by atoms with van der Waals surface area (Å²) in [4.78, 5) is 46.6. The van der Waals surface area contributed by atoms with Crippen molar-refractivity contribution in [1.29, 1.82) is 0 Å². The molecule has 0 radical (unpaired) electrons. The van der Waals surface area contributed by atoms with Crippen molar-refractivity contribution in [3.63, 3.8) is 0 Å². The van der Waals surface area contributed by atoms with Crippen LogP contribution in [0.5, 0.6) is 5.75 Å². The molecule has 1 aliphatic rings. The normalized spacial score (nSPS) is 16.9. The molecule has 138 valence electrons. The van der Waals surface area contributed by atoms with Gasteiger partial charge in [0, 0.05) is 0 Å². The summed E-state index contributed by atoms with van der Waals surface area (Å²) in [5.41, 5.74) is -0.0435. The molecule has 0 aliphatic carbocycles. The standard InChI is InChI=1S/C17H18N2O7/c1-11(8-25-10-20)15(17(23)24)19-7-13(16(19)22)18-14(21)9-26-12-5-3-2-4-6-12/h2-6,10,13H,7-9H2,1H3,(H,18,21)(H,23,24). The van der Waals surface area contributed by atoms with Gasteiger partial charge in [-0.15, -0.1) is 0 Å². The molecule has 26 heavy (non-hydrogen) atoms. The highest BCUT2D eigenvalue weighted by Crippen LogP contribution is 2.21. The summed E-state index contributed by atoms with van der Waals surface area (Å²) in [6.45, 7) is 1.14. The molecule has 1 unspecified atom stereocenters. The van der Waals surface area contributed by atoms with Gasteiger partial charge < -0.3 is 24.8 Å². The summed E-state index contributed by atoms with van der Waals surface area (Å²) in [6, 6.07) is 7.89. The Kier molecular flexibility index (Phi) is 6.31. The summed E-state index contributed by atoms with van der Waals surface area (Å²) >= 11 is 0.